The summed E-state index contributed by atoms with van der Waals surface area (Å²) in [5.74, 6) is 0.581. The predicted molar refractivity (Wildman–Crippen MR) is 63.0 cm³/mol. The van der Waals surface area contributed by atoms with Crippen LogP contribution in [0.15, 0.2) is 11.2 Å². The molecule has 0 saturated carbocycles. The van der Waals surface area contributed by atoms with E-state index in [1.54, 1.807) is 6.92 Å². The Hall–Kier alpha value is -0.970. The molecule has 4 nitrogen and oxygen atoms in total. The molecule has 0 aliphatic heterocycles. The number of rotatable bonds is 4. The van der Waals surface area contributed by atoms with Crippen molar-refractivity contribution in [2.45, 2.75) is 38.8 Å². The van der Waals surface area contributed by atoms with Crippen LogP contribution in [0.4, 0.5) is 0 Å². The van der Waals surface area contributed by atoms with Crippen LogP contribution in [0, 0.1) is 12.8 Å². The van der Waals surface area contributed by atoms with Crippen molar-refractivity contribution in [1.82, 2.24) is 9.97 Å². The quantitative estimate of drug-likeness (QED) is 0.755. The second-order valence-corrected chi connectivity index (χ2v) is 6.40. The van der Waals surface area contributed by atoms with Crippen LogP contribution in [0.25, 0.3) is 0 Å². The van der Waals surface area contributed by atoms with Crippen molar-refractivity contribution in [3.63, 3.8) is 0 Å². The van der Waals surface area contributed by atoms with Gasteiger partial charge in [0.1, 0.15) is 0 Å². The molecule has 5 heteroatoms. The van der Waals surface area contributed by atoms with Gasteiger partial charge in [0.2, 0.25) is 15.0 Å². The fourth-order valence-electron chi connectivity index (χ4n) is 1.33. The summed E-state index contributed by atoms with van der Waals surface area (Å²) in [5.41, 5.74) is 1.51. The van der Waals surface area contributed by atoms with Crippen LogP contribution >= 0.6 is 0 Å². The van der Waals surface area contributed by atoms with Gasteiger partial charge in [0, 0.05) is 17.6 Å². The van der Waals surface area contributed by atoms with E-state index in [1.165, 1.54) is 0 Å². The molecule has 0 aliphatic rings. The molecule has 0 amide bonds. The topological polar surface area (TPSA) is 59.9 Å². The average Bonchev–Trinajstić information content (AvgIpc) is 2.12. The molecule has 0 atom stereocenters. The standard InChI is InChI=1S/C11H18N2O2S/c1-8(2)5-6-10-7-9(3)12-11(13-10)16(4,14)15/h7-8H,5-6H2,1-4H3. The minimum Gasteiger partial charge on any atom is -0.224 e. The maximum atomic E-state index is 11.4. The predicted octanol–water partition coefficient (Wildman–Crippen LogP) is 1.78. The number of sulfone groups is 1. The Balaban J connectivity index is 3.00. The van der Waals surface area contributed by atoms with E-state index in [9.17, 15) is 8.42 Å². The van der Waals surface area contributed by atoms with Gasteiger partial charge >= 0.3 is 0 Å². The van der Waals surface area contributed by atoms with Gasteiger partial charge in [-0.25, -0.2) is 18.4 Å². The van der Waals surface area contributed by atoms with E-state index in [0.29, 0.717) is 11.6 Å². The summed E-state index contributed by atoms with van der Waals surface area (Å²) in [5, 5.41) is -0.0637. The fraction of sp³-hybridized carbons (Fsp3) is 0.636. The van der Waals surface area contributed by atoms with Crippen molar-refractivity contribution >= 4 is 9.84 Å². The van der Waals surface area contributed by atoms with E-state index in [-0.39, 0.29) is 5.16 Å². The first-order valence-corrected chi connectivity index (χ1v) is 7.23. The molecule has 0 N–H and O–H groups in total. The average molecular weight is 242 g/mol. The van der Waals surface area contributed by atoms with Crippen LogP contribution in [-0.2, 0) is 16.3 Å². The van der Waals surface area contributed by atoms with E-state index in [1.807, 2.05) is 6.07 Å². The van der Waals surface area contributed by atoms with Gasteiger partial charge in [-0.05, 0) is 31.7 Å². The van der Waals surface area contributed by atoms with Gasteiger partial charge < -0.3 is 0 Å². The highest BCUT2D eigenvalue weighted by Crippen LogP contribution is 2.10. The molecule has 0 bridgehead atoms. The third kappa shape index (κ3) is 3.89. The second kappa shape index (κ2) is 4.91. The molecule has 1 heterocycles. The summed E-state index contributed by atoms with van der Waals surface area (Å²) in [7, 11) is -3.31. The Bertz CT molecular complexity index is 467. The summed E-state index contributed by atoms with van der Waals surface area (Å²) in [6.07, 6.45) is 2.93. The lowest BCUT2D eigenvalue weighted by Gasteiger charge is -2.06. The van der Waals surface area contributed by atoms with E-state index in [4.69, 9.17) is 0 Å². The first kappa shape index (κ1) is 13.1. The minimum absolute atomic E-state index is 0.0637. The van der Waals surface area contributed by atoms with Crippen LogP contribution in [0.2, 0.25) is 0 Å². The largest absolute Gasteiger partial charge is 0.247 e. The molecule has 0 aliphatic carbocycles. The third-order valence-electron chi connectivity index (χ3n) is 2.20. The highest BCUT2D eigenvalue weighted by atomic mass is 32.2. The number of hydrogen-bond donors (Lipinski definition) is 0. The number of hydrogen-bond acceptors (Lipinski definition) is 4. The zero-order valence-corrected chi connectivity index (χ0v) is 11.0. The monoisotopic (exact) mass is 242 g/mol. The van der Waals surface area contributed by atoms with Crippen molar-refractivity contribution in [1.29, 1.82) is 0 Å². The van der Waals surface area contributed by atoms with Crippen LogP contribution in [0.1, 0.15) is 31.7 Å². The molecule has 0 spiro atoms. The molecule has 1 aromatic heterocycles. The van der Waals surface area contributed by atoms with Gasteiger partial charge in [-0.15, -0.1) is 0 Å². The fourth-order valence-corrected chi connectivity index (χ4v) is 1.93. The normalized spacial score (nSPS) is 12.1. The first-order chi connectivity index (χ1) is 7.29. The van der Waals surface area contributed by atoms with E-state index in [0.717, 1.165) is 24.8 Å². The van der Waals surface area contributed by atoms with Gasteiger partial charge in [0.05, 0.1) is 0 Å². The highest BCUT2D eigenvalue weighted by molar-refractivity contribution is 7.90. The van der Waals surface area contributed by atoms with Crippen LogP contribution in [-0.4, -0.2) is 24.6 Å². The lowest BCUT2D eigenvalue weighted by Crippen LogP contribution is -2.08. The number of aromatic nitrogens is 2. The molecule has 0 radical (unpaired) electrons. The summed E-state index contributed by atoms with van der Waals surface area (Å²) in [4.78, 5) is 8.01. The van der Waals surface area contributed by atoms with Crippen molar-refractivity contribution < 1.29 is 8.42 Å². The van der Waals surface area contributed by atoms with Crippen LogP contribution < -0.4 is 0 Å². The number of nitrogens with zero attached hydrogens (tertiary/aromatic N) is 2. The molecule has 0 saturated heterocycles. The van der Waals surface area contributed by atoms with E-state index in [2.05, 4.69) is 23.8 Å². The summed E-state index contributed by atoms with van der Waals surface area (Å²) in [6, 6.07) is 1.84. The minimum atomic E-state index is -3.31. The number of aryl methyl sites for hydroxylation is 2. The molecule has 90 valence electrons. The Labute approximate surface area is 97.1 Å². The van der Waals surface area contributed by atoms with Crippen molar-refractivity contribution in [3.8, 4) is 0 Å². The SMILES string of the molecule is Cc1cc(CCC(C)C)nc(S(C)(=O)=O)n1. The van der Waals surface area contributed by atoms with Crippen molar-refractivity contribution in [2.24, 2.45) is 5.92 Å². The molecule has 1 aromatic rings. The zero-order chi connectivity index (χ0) is 12.3. The molecular weight excluding hydrogens is 224 g/mol. The van der Waals surface area contributed by atoms with Crippen molar-refractivity contribution in [3.05, 3.63) is 17.5 Å². The van der Waals surface area contributed by atoms with Gasteiger partial charge in [0.15, 0.2) is 0 Å². The Morgan fingerprint density at radius 2 is 1.94 bits per heavy atom. The maximum absolute atomic E-state index is 11.4. The highest BCUT2D eigenvalue weighted by Gasteiger charge is 2.12. The third-order valence-corrected chi connectivity index (χ3v) is 3.04. The van der Waals surface area contributed by atoms with Crippen LogP contribution in [0.5, 0.6) is 0 Å². The van der Waals surface area contributed by atoms with Crippen LogP contribution in [0.3, 0.4) is 0 Å². The van der Waals surface area contributed by atoms with Gasteiger partial charge in [0.25, 0.3) is 0 Å². The zero-order valence-electron chi connectivity index (χ0n) is 10.2. The molecule has 0 aromatic carbocycles. The Morgan fingerprint density at radius 3 is 2.44 bits per heavy atom. The van der Waals surface area contributed by atoms with Gasteiger partial charge in [-0.1, -0.05) is 13.8 Å². The molecular formula is C11H18N2O2S. The summed E-state index contributed by atoms with van der Waals surface area (Å²) < 4.78 is 22.7. The molecule has 1 rings (SSSR count). The lowest BCUT2D eigenvalue weighted by atomic mass is 10.1. The molecule has 16 heavy (non-hydrogen) atoms. The maximum Gasteiger partial charge on any atom is 0.247 e. The Kier molecular flexibility index (Phi) is 4.02. The van der Waals surface area contributed by atoms with Gasteiger partial charge in [-0.2, -0.15) is 0 Å². The van der Waals surface area contributed by atoms with E-state index < -0.39 is 9.84 Å². The van der Waals surface area contributed by atoms with E-state index >= 15 is 0 Å². The van der Waals surface area contributed by atoms with Crippen molar-refractivity contribution in [2.75, 3.05) is 6.26 Å². The first-order valence-electron chi connectivity index (χ1n) is 5.33. The van der Waals surface area contributed by atoms with Gasteiger partial charge in [-0.3, -0.25) is 0 Å². The Morgan fingerprint density at radius 1 is 1.31 bits per heavy atom. The summed E-state index contributed by atoms with van der Waals surface area (Å²) >= 11 is 0. The summed E-state index contributed by atoms with van der Waals surface area (Å²) in [6.45, 7) is 6.05. The molecule has 0 unspecified atom stereocenters. The lowest BCUT2D eigenvalue weighted by molar-refractivity contribution is 0.571. The smallest absolute Gasteiger partial charge is 0.224 e. The second-order valence-electron chi connectivity index (χ2n) is 4.49. The molecule has 0 fully saturated rings.